The van der Waals surface area contributed by atoms with Crippen LogP contribution in [-0.4, -0.2) is 23.7 Å². The van der Waals surface area contributed by atoms with Crippen molar-refractivity contribution < 1.29 is 11.0 Å². The molecule has 0 aromatic heterocycles. The van der Waals surface area contributed by atoms with E-state index in [9.17, 15) is 0 Å². The Balaban J connectivity index is 0. The summed E-state index contributed by atoms with van der Waals surface area (Å²) in [4.78, 5) is 0. The highest BCUT2D eigenvalue weighted by Crippen LogP contribution is 2.28. The molecule has 0 unspecified atom stereocenters. The van der Waals surface area contributed by atoms with E-state index in [0.717, 1.165) is 6.32 Å². The summed E-state index contributed by atoms with van der Waals surface area (Å²) >= 11 is 0. The Bertz CT molecular complexity index is 85.8. The Morgan fingerprint density at radius 1 is 1.40 bits per heavy atom. The van der Waals surface area contributed by atoms with Crippen molar-refractivity contribution in [2.75, 3.05) is 0 Å². The third-order valence-corrected chi connectivity index (χ3v) is 1.90. The molecule has 1 rings (SSSR count). The van der Waals surface area contributed by atoms with E-state index in [4.69, 9.17) is 5.73 Å². The highest BCUT2D eigenvalue weighted by Gasteiger charge is 2.31. The topological polar surface area (TPSA) is 89.0 Å². The SMILES string of the molecule is CC[B]C1(N)CCC1.O.O. The van der Waals surface area contributed by atoms with Crippen LogP contribution in [0.5, 0.6) is 0 Å². The minimum Gasteiger partial charge on any atom is -0.412 e. The standard InChI is InChI=1S/C6H13BN.2H2O/c1-2-7-6(8)4-3-5-6;;/h2-5,8H2,1H3;2*1H2. The second-order valence-electron chi connectivity index (χ2n) is 2.70. The lowest BCUT2D eigenvalue weighted by molar-refractivity contribution is 0.357. The largest absolute Gasteiger partial charge is 0.412 e. The van der Waals surface area contributed by atoms with Crippen molar-refractivity contribution >= 4 is 7.28 Å². The van der Waals surface area contributed by atoms with E-state index in [0.29, 0.717) is 0 Å². The normalized spacial score (nSPS) is 19.4. The highest BCUT2D eigenvalue weighted by atomic mass is 16.0. The average molecular weight is 146 g/mol. The molecule has 0 bridgehead atoms. The first kappa shape index (κ1) is 12.6. The lowest BCUT2D eigenvalue weighted by atomic mass is 9.48. The van der Waals surface area contributed by atoms with E-state index < -0.39 is 0 Å². The average Bonchev–Trinajstić information content (AvgIpc) is 1.64. The van der Waals surface area contributed by atoms with Gasteiger partial charge < -0.3 is 16.7 Å². The predicted molar refractivity (Wildman–Crippen MR) is 44.2 cm³/mol. The van der Waals surface area contributed by atoms with Crippen molar-refractivity contribution in [2.24, 2.45) is 5.73 Å². The van der Waals surface area contributed by atoms with Crippen LogP contribution in [0, 0.1) is 0 Å². The zero-order valence-corrected chi connectivity index (χ0v) is 6.48. The number of rotatable bonds is 2. The lowest BCUT2D eigenvalue weighted by Gasteiger charge is -2.37. The highest BCUT2D eigenvalue weighted by molar-refractivity contribution is 6.40. The van der Waals surface area contributed by atoms with E-state index in [1.54, 1.807) is 0 Å². The third kappa shape index (κ3) is 2.69. The Morgan fingerprint density at radius 2 is 1.90 bits per heavy atom. The van der Waals surface area contributed by atoms with Crippen LogP contribution < -0.4 is 5.73 Å². The molecule has 1 saturated carbocycles. The van der Waals surface area contributed by atoms with Gasteiger partial charge in [0.05, 0.1) is 0 Å². The first-order valence-corrected chi connectivity index (χ1v) is 3.40. The van der Waals surface area contributed by atoms with Crippen LogP contribution in [0.3, 0.4) is 0 Å². The fourth-order valence-corrected chi connectivity index (χ4v) is 1.20. The molecule has 0 aromatic carbocycles. The zero-order valence-electron chi connectivity index (χ0n) is 6.48. The first-order chi connectivity index (χ1) is 3.77. The minimum absolute atomic E-state index is 0. The molecule has 4 heteroatoms. The summed E-state index contributed by atoms with van der Waals surface area (Å²) in [5.74, 6) is 0. The van der Waals surface area contributed by atoms with Gasteiger partial charge in [0.25, 0.3) is 0 Å². The van der Waals surface area contributed by atoms with Crippen LogP contribution in [0.4, 0.5) is 0 Å². The van der Waals surface area contributed by atoms with Gasteiger partial charge in [-0.1, -0.05) is 19.7 Å². The summed E-state index contributed by atoms with van der Waals surface area (Å²) in [5.41, 5.74) is 6.01. The van der Waals surface area contributed by atoms with Crippen LogP contribution in [-0.2, 0) is 0 Å². The van der Waals surface area contributed by atoms with Gasteiger partial charge in [0.15, 0.2) is 0 Å². The van der Waals surface area contributed by atoms with Crippen molar-refractivity contribution in [1.29, 1.82) is 0 Å². The molecule has 6 N–H and O–H groups in total. The zero-order chi connectivity index (χ0) is 6.04. The molecule has 0 aromatic rings. The molecule has 0 saturated heterocycles. The molecule has 1 radical (unpaired) electrons. The van der Waals surface area contributed by atoms with E-state index >= 15 is 0 Å². The molecule has 0 aliphatic heterocycles. The molecular weight excluding hydrogens is 129 g/mol. The van der Waals surface area contributed by atoms with E-state index in [1.807, 2.05) is 0 Å². The fraction of sp³-hybridized carbons (Fsp3) is 1.00. The van der Waals surface area contributed by atoms with E-state index in [1.165, 1.54) is 19.3 Å². The van der Waals surface area contributed by atoms with Gasteiger partial charge in [-0.15, -0.1) is 0 Å². The van der Waals surface area contributed by atoms with E-state index in [-0.39, 0.29) is 16.4 Å². The van der Waals surface area contributed by atoms with Crippen LogP contribution in [0.1, 0.15) is 26.2 Å². The van der Waals surface area contributed by atoms with Crippen LogP contribution in [0.2, 0.25) is 6.32 Å². The smallest absolute Gasteiger partial charge is 0.136 e. The molecule has 10 heavy (non-hydrogen) atoms. The fourth-order valence-electron chi connectivity index (χ4n) is 1.20. The van der Waals surface area contributed by atoms with Gasteiger partial charge in [-0.05, 0) is 18.3 Å². The van der Waals surface area contributed by atoms with Crippen molar-refractivity contribution in [3.63, 3.8) is 0 Å². The molecule has 1 aliphatic rings. The Morgan fingerprint density at radius 3 is 2.00 bits per heavy atom. The van der Waals surface area contributed by atoms with Crippen molar-refractivity contribution in [1.82, 2.24) is 0 Å². The minimum atomic E-state index is 0. The summed E-state index contributed by atoms with van der Waals surface area (Å²) in [7, 11) is 2.23. The summed E-state index contributed by atoms with van der Waals surface area (Å²) in [6.07, 6.45) is 4.87. The summed E-state index contributed by atoms with van der Waals surface area (Å²) in [6, 6.07) is 0. The maximum absolute atomic E-state index is 5.86. The first-order valence-electron chi connectivity index (χ1n) is 3.40. The maximum atomic E-state index is 5.86. The molecule has 0 atom stereocenters. The monoisotopic (exact) mass is 146 g/mol. The van der Waals surface area contributed by atoms with Gasteiger partial charge in [-0.25, -0.2) is 0 Å². The Kier molecular flexibility index (Phi) is 5.94. The summed E-state index contributed by atoms with van der Waals surface area (Å²) in [5, 5.41) is 0. The van der Waals surface area contributed by atoms with Gasteiger partial charge >= 0.3 is 0 Å². The Hall–Kier alpha value is -0.0551. The van der Waals surface area contributed by atoms with Crippen molar-refractivity contribution in [2.45, 2.75) is 37.9 Å². The third-order valence-electron chi connectivity index (χ3n) is 1.90. The molecular formula is C6H17BNO2. The van der Waals surface area contributed by atoms with Crippen LogP contribution in [0.25, 0.3) is 0 Å². The second-order valence-corrected chi connectivity index (χ2v) is 2.70. The lowest BCUT2D eigenvalue weighted by Crippen LogP contribution is -2.51. The van der Waals surface area contributed by atoms with Gasteiger partial charge in [0.1, 0.15) is 7.28 Å². The molecule has 0 spiro atoms. The number of hydrogen-bond acceptors (Lipinski definition) is 1. The molecule has 3 nitrogen and oxygen atoms in total. The molecule has 61 valence electrons. The van der Waals surface area contributed by atoms with Gasteiger partial charge in [-0.2, -0.15) is 0 Å². The quantitative estimate of drug-likeness (QED) is 0.513. The predicted octanol–water partition coefficient (Wildman–Crippen LogP) is -0.682. The van der Waals surface area contributed by atoms with Crippen LogP contribution in [0.15, 0.2) is 0 Å². The van der Waals surface area contributed by atoms with Crippen LogP contribution >= 0.6 is 0 Å². The number of nitrogens with two attached hydrogens (primary N) is 1. The molecule has 1 aliphatic carbocycles. The molecule has 0 heterocycles. The molecule has 1 fully saturated rings. The second kappa shape index (κ2) is 4.71. The van der Waals surface area contributed by atoms with Crippen molar-refractivity contribution in [3.05, 3.63) is 0 Å². The van der Waals surface area contributed by atoms with Gasteiger partial charge in [-0.3, -0.25) is 0 Å². The van der Waals surface area contributed by atoms with E-state index in [2.05, 4.69) is 14.2 Å². The number of hydrogen-bond donors (Lipinski definition) is 1. The Labute approximate surface area is 62.8 Å². The molecule has 0 amide bonds. The summed E-state index contributed by atoms with van der Waals surface area (Å²) < 4.78 is 0. The summed E-state index contributed by atoms with van der Waals surface area (Å²) in [6.45, 7) is 2.15. The van der Waals surface area contributed by atoms with Crippen molar-refractivity contribution in [3.8, 4) is 0 Å². The van der Waals surface area contributed by atoms with Gasteiger partial charge in [0.2, 0.25) is 0 Å². The maximum Gasteiger partial charge on any atom is 0.136 e. The van der Waals surface area contributed by atoms with Gasteiger partial charge in [0, 0.05) is 0 Å².